The lowest BCUT2D eigenvalue weighted by Crippen LogP contribution is -2.61. The Morgan fingerprint density at radius 3 is 2.42 bits per heavy atom. The fourth-order valence-electron chi connectivity index (χ4n) is 4.09. The van der Waals surface area contributed by atoms with E-state index in [4.69, 9.17) is 11.6 Å². The van der Waals surface area contributed by atoms with Crippen molar-refractivity contribution >= 4 is 29.1 Å². The third kappa shape index (κ3) is 4.48. The standard InChI is InChI=1S/C23H26ClN3O4/c1-4-11-25-23(13-15(2)3)20-10-9-18(27(30)31)12-19(20)21(28)26(22(23)29)14-16-5-7-17(24)8-6-16/h5-10,12,15,25H,4,11,13-14H2,1-3H3. The van der Waals surface area contributed by atoms with Crippen LogP contribution in [-0.4, -0.2) is 28.2 Å². The molecular formula is C23H26ClN3O4. The Morgan fingerprint density at radius 2 is 1.84 bits per heavy atom. The molecule has 2 aromatic rings. The summed E-state index contributed by atoms with van der Waals surface area (Å²) in [6, 6.07) is 11.1. The molecule has 0 saturated carbocycles. The Bertz CT molecular complexity index is 1010. The molecule has 8 heteroatoms. The third-order valence-electron chi connectivity index (χ3n) is 5.40. The van der Waals surface area contributed by atoms with Crippen LogP contribution in [0.5, 0.6) is 0 Å². The monoisotopic (exact) mass is 443 g/mol. The lowest BCUT2D eigenvalue weighted by molar-refractivity contribution is -0.384. The van der Waals surface area contributed by atoms with Gasteiger partial charge >= 0.3 is 0 Å². The van der Waals surface area contributed by atoms with Crippen molar-refractivity contribution in [2.75, 3.05) is 6.54 Å². The first kappa shape index (κ1) is 22.9. The van der Waals surface area contributed by atoms with Gasteiger partial charge in [0.1, 0.15) is 5.54 Å². The SMILES string of the molecule is CCCNC1(CC(C)C)C(=O)N(Cc2ccc(Cl)cc2)C(=O)c2cc([N+](=O)[O-])ccc21. The highest BCUT2D eigenvalue weighted by Gasteiger charge is 2.51. The van der Waals surface area contributed by atoms with Gasteiger partial charge in [-0.2, -0.15) is 0 Å². The summed E-state index contributed by atoms with van der Waals surface area (Å²) < 4.78 is 0. The van der Waals surface area contributed by atoms with Crippen LogP contribution >= 0.6 is 11.6 Å². The molecule has 0 fully saturated rings. The number of nitro groups is 1. The molecule has 7 nitrogen and oxygen atoms in total. The van der Waals surface area contributed by atoms with Crippen molar-refractivity contribution in [3.8, 4) is 0 Å². The summed E-state index contributed by atoms with van der Waals surface area (Å²) in [7, 11) is 0. The number of hydrogen-bond donors (Lipinski definition) is 1. The highest BCUT2D eigenvalue weighted by molar-refractivity contribution is 6.30. The number of carbonyl (C=O) groups is 2. The molecule has 2 amide bonds. The predicted molar refractivity (Wildman–Crippen MR) is 119 cm³/mol. The number of nitrogens with zero attached hydrogens (tertiary/aromatic N) is 2. The van der Waals surface area contributed by atoms with Crippen LogP contribution in [0.3, 0.4) is 0 Å². The zero-order valence-corrected chi connectivity index (χ0v) is 18.6. The molecule has 164 valence electrons. The number of halogens is 1. The fourth-order valence-corrected chi connectivity index (χ4v) is 4.21. The number of imide groups is 1. The molecule has 0 spiro atoms. The summed E-state index contributed by atoms with van der Waals surface area (Å²) in [6.45, 7) is 6.64. The third-order valence-corrected chi connectivity index (χ3v) is 5.66. The van der Waals surface area contributed by atoms with Gasteiger partial charge in [-0.15, -0.1) is 0 Å². The first-order valence-electron chi connectivity index (χ1n) is 10.3. The maximum atomic E-state index is 13.8. The molecule has 3 rings (SSSR count). The van der Waals surface area contributed by atoms with Gasteiger partial charge in [-0.05, 0) is 54.6 Å². The van der Waals surface area contributed by atoms with Crippen LogP contribution in [0, 0.1) is 16.0 Å². The van der Waals surface area contributed by atoms with E-state index in [1.54, 1.807) is 30.3 Å². The summed E-state index contributed by atoms with van der Waals surface area (Å²) in [5.41, 5.74) is 0.125. The van der Waals surface area contributed by atoms with Crippen molar-refractivity contribution in [1.82, 2.24) is 10.2 Å². The Balaban J connectivity index is 2.17. The van der Waals surface area contributed by atoms with E-state index in [1.165, 1.54) is 17.0 Å². The van der Waals surface area contributed by atoms with E-state index >= 15 is 0 Å². The molecule has 1 unspecified atom stereocenters. The Hall–Kier alpha value is -2.77. The van der Waals surface area contributed by atoms with Crippen LogP contribution in [0.1, 0.15) is 55.1 Å². The number of amides is 2. The van der Waals surface area contributed by atoms with E-state index in [9.17, 15) is 19.7 Å². The lowest BCUT2D eigenvalue weighted by Gasteiger charge is -2.43. The molecule has 1 N–H and O–H groups in total. The molecule has 0 saturated heterocycles. The van der Waals surface area contributed by atoms with Gasteiger partial charge in [-0.1, -0.05) is 44.5 Å². The van der Waals surface area contributed by atoms with Gasteiger partial charge in [0.2, 0.25) is 0 Å². The summed E-state index contributed by atoms with van der Waals surface area (Å²) in [5.74, 6) is -0.728. The van der Waals surface area contributed by atoms with Gasteiger partial charge in [0, 0.05) is 17.2 Å². The van der Waals surface area contributed by atoms with Gasteiger partial charge in [-0.25, -0.2) is 0 Å². The van der Waals surface area contributed by atoms with Crippen molar-refractivity contribution in [1.29, 1.82) is 0 Å². The van der Waals surface area contributed by atoms with Crippen LogP contribution in [0.25, 0.3) is 0 Å². The van der Waals surface area contributed by atoms with Crippen molar-refractivity contribution < 1.29 is 14.5 Å². The quantitative estimate of drug-likeness (QED) is 0.363. The number of non-ortho nitro benzene ring substituents is 1. The highest BCUT2D eigenvalue weighted by atomic mass is 35.5. The smallest absolute Gasteiger partial charge is 0.270 e. The van der Waals surface area contributed by atoms with E-state index in [-0.39, 0.29) is 29.6 Å². The van der Waals surface area contributed by atoms with E-state index in [2.05, 4.69) is 5.32 Å². The number of nitrogens with one attached hydrogen (secondary N) is 1. The average molecular weight is 444 g/mol. The van der Waals surface area contributed by atoms with Crippen molar-refractivity contribution in [3.63, 3.8) is 0 Å². The number of hydrogen-bond acceptors (Lipinski definition) is 5. The Kier molecular flexibility index (Phi) is 6.77. The largest absolute Gasteiger partial charge is 0.300 e. The van der Waals surface area contributed by atoms with Gasteiger partial charge in [0.15, 0.2) is 0 Å². The molecular weight excluding hydrogens is 418 g/mol. The van der Waals surface area contributed by atoms with Gasteiger partial charge in [-0.3, -0.25) is 29.9 Å². The topological polar surface area (TPSA) is 92.6 Å². The Morgan fingerprint density at radius 1 is 1.16 bits per heavy atom. The van der Waals surface area contributed by atoms with E-state index in [0.717, 1.165) is 12.0 Å². The van der Waals surface area contributed by atoms with Crippen LogP contribution in [0.15, 0.2) is 42.5 Å². The van der Waals surface area contributed by atoms with Crippen LogP contribution in [0.2, 0.25) is 5.02 Å². The number of benzene rings is 2. The number of fused-ring (bicyclic) bond motifs is 1. The number of nitro benzene ring substituents is 1. The number of carbonyl (C=O) groups excluding carboxylic acids is 2. The van der Waals surface area contributed by atoms with Crippen LogP contribution in [0.4, 0.5) is 5.69 Å². The Labute approximate surface area is 186 Å². The molecule has 2 aromatic carbocycles. The highest BCUT2D eigenvalue weighted by Crippen LogP contribution is 2.40. The minimum Gasteiger partial charge on any atom is -0.300 e. The molecule has 1 aliphatic rings. The second-order valence-corrected chi connectivity index (χ2v) is 8.68. The summed E-state index contributed by atoms with van der Waals surface area (Å²) >= 11 is 5.96. The van der Waals surface area contributed by atoms with Crippen molar-refractivity contribution in [2.45, 2.75) is 45.7 Å². The molecule has 1 heterocycles. The molecule has 0 aliphatic carbocycles. The second kappa shape index (κ2) is 9.16. The molecule has 1 aliphatic heterocycles. The summed E-state index contributed by atoms with van der Waals surface area (Å²) in [6.07, 6.45) is 1.25. The van der Waals surface area contributed by atoms with E-state index in [1.807, 2.05) is 20.8 Å². The average Bonchev–Trinajstić information content (AvgIpc) is 2.74. The fraction of sp³-hybridized carbons (Fsp3) is 0.391. The zero-order valence-electron chi connectivity index (χ0n) is 17.9. The summed E-state index contributed by atoms with van der Waals surface area (Å²) in [4.78, 5) is 39.2. The van der Waals surface area contributed by atoms with E-state index in [0.29, 0.717) is 23.6 Å². The maximum Gasteiger partial charge on any atom is 0.270 e. The van der Waals surface area contributed by atoms with Crippen molar-refractivity contribution in [2.24, 2.45) is 5.92 Å². The minimum absolute atomic E-state index is 0.0601. The molecule has 1 atom stereocenters. The lowest BCUT2D eigenvalue weighted by atomic mass is 9.75. The molecule has 31 heavy (non-hydrogen) atoms. The zero-order chi connectivity index (χ0) is 22.8. The first-order chi connectivity index (χ1) is 14.7. The normalized spacial score (nSPS) is 18.4. The van der Waals surface area contributed by atoms with Crippen LogP contribution < -0.4 is 5.32 Å². The first-order valence-corrected chi connectivity index (χ1v) is 10.7. The van der Waals surface area contributed by atoms with E-state index < -0.39 is 16.4 Å². The second-order valence-electron chi connectivity index (χ2n) is 8.24. The maximum absolute atomic E-state index is 13.8. The molecule has 0 bridgehead atoms. The minimum atomic E-state index is -1.13. The summed E-state index contributed by atoms with van der Waals surface area (Å²) in [5, 5.41) is 15.3. The van der Waals surface area contributed by atoms with Gasteiger partial charge in [0.05, 0.1) is 17.0 Å². The van der Waals surface area contributed by atoms with Gasteiger partial charge in [0.25, 0.3) is 17.5 Å². The van der Waals surface area contributed by atoms with Crippen molar-refractivity contribution in [3.05, 3.63) is 74.3 Å². The molecule has 0 radical (unpaired) electrons. The van der Waals surface area contributed by atoms with Crippen LogP contribution in [-0.2, 0) is 16.9 Å². The predicted octanol–water partition coefficient (Wildman–Crippen LogP) is 4.67. The number of rotatable bonds is 8. The molecule has 0 aromatic heterocycles. The van der Waals surface area contributed by atoms with Gasteiger partial charge < -0.3 is 0 Å².